The summed E-state index contributed by atoms with van der Waals surface area (Å²) in [4.78, 5) is 4.11. The van der Waals surface area contributed by atoms with E-state index in [0.29, 0.717) is 17.9 Å². The van der Waals surface area contributed by atoms with Crippen LogP contribution >= 0.6 is 15.9 Å². The highest BCUT2D eigenvalue weighted by Crippen LogP contribution is 2.29. The molecule has 1 atom stereocenters. The Labute approximate surface area is 126 Å². The molecular formula is C14H18BrN3O2. The van der Waals surface area contributed by atoms with Gasteiger partial charge in [0.15, 0.2) is 0 Å². The van der Waals surface area contributed by atoms with Gasteiger partial charge < -0.3 is 9.84 Å². The van der Waals surface area contributed by atoms with E-state index in [-0.39, 0.29) is 0 Å². The molecule has 6 heteroatoms. The number of pyridine rings is 1. The van der Waals surface area contributed by atoms with Crippen molar-refractivity contribution in [1.29, 1.82) is 0 Å². The van der Waals surface area contributed by atoms with Crippen LogP contribution in [0.4, 0.5) is 0 Å². The van der Waals surface area contributed by atoms with Gasteiger partial charge in [-0.3, -0.25) is 4.68 Å². The first kappa shape index (κ1) is 15.0. The molecule has 2 aromatic rings. The van der Waals surface area contributed by atoms with Crippen LogP contribution in [-0.4, -0.2) is 27.0 Å². The summed E-state index contributed by atoms with van der Waals surface area (Å²) in [6, 6.07) is 3.61. The number of hydrogen-bond donors (Lipinski definition) is 1. The van der Waals surface area contributed by atoms with Crippen LogP contribution in [0.5, 0.6) is 5.88 Å². The van der Waals surface area contributed by atoms with Crippen molar-refractivity contribution in [1.82, 2.24) is 14.8 Å². The maximum atomic E-state index is 10.4. The van der Waals surface area contributed by atoms with Gasteiger partial charge in [0.1, 0.15) is 0 Å². The standard InChI is InChI=1S/C14H18BrN3O2/c1-4-10-13(15)11(18(2)17-10)8-12(19)9-6-5-7-16-14(9)20-3/h5-7,12,19H,4,8H2,1-3H3. The van der Waals surface area contributed by atoms with E-state index >= 15 is 0 Å². The fourth-order valence-corrected chi connectivity index (χ4v) is 2.94. The number of aliphatic hydroxyl groups is 1. The van der Waals surface area contributed by atoms with Gasteiger partial charge in [0, 0.05) is 25.2 Å². The number of nitrogens with zero attached hydrogens (tertiary/aromatic N) is 3. The molecule has 20 heavy (non-hydrogen) atoms. The third-order valence-electron chi connectivity index (χ3n) is 3.24. The molecule has 0 saturated heterocycles. The largest absolute Gasteiger partial charge is 0.481 e. The predicted molar refractivity (Wildman–Crippen MR) is 79.7 cm³/mol. The third-order valence-corrected chi connectivity index (χ3v) is 4.16. The van der Waals surface area contributed by atoms with Crippen LogP contribution in [0, 0.1) is 0 Å². The van der Waals surface area contributed by atoms with Crippen molar-refractivity contribution >= 4 is 15.9 Å². The van der Waals surface area contributed by atoms with Gasteiger partial charge in [-0.1, -0.05) is 6.92 Å². The van der Waals surface area contributed by atoms with Gasteiger partial charge in [0.25, 0.3) is 0 Å². The minimum absolute atomic E-state index is 0.451. The number of aromatic nitrogens is 3. The monoisotopic (exact) mass is 339 g/mol. The van der Waals surface area contributed by atoms with Crippen LogP contribution < -0.4 is 4.74 Å². The second-order valence-corrected chi connectivity index (χ2v) is 5.30. The Bertz CT molecular complexity index is 598. The van der Waals surface area contributed by atoms with Gasteiger partial charge in [-0.25, -0.2) is 4.98 Å². The Balaban J connectivity index is 2.28. The van der Waals surface area contributed by atoms with Gasteiger partial charge in [0.2, 0.25) is 5.88 Å². The van der Waals surface area contributed by atoms with E-state index in [2.05, 4.69) is 32.9 Å². The summed E-state index contributed by atoms with van der Waals surface area (Å²) in [5.74, 6) is 0.453. The Morgan fingerprint density at radius 3 is 2.85 bits per heavy atom. The minimum Gasteiger partial charge on any atom is -0.481 e. The number of rotatable bonds is 5. The highest BCUT2D eigenvalue weighted by molar-refractivity contribution is 9.10. The molecule has 0 aliphatic carbocycles. The Kier molecular flexibility index (Phi) is 4.77. The van der Waals surface area contributed by atoms with Gasteiger partial charge in [-0.15, -0.1) is 0 Å². The number of aliphatic hydroxyl groups excluding tert-OH is 1. The van der Waals surface area contributed by atoms with E-state index in [1.54, 1.807) is 24.1 Å². The topological polar surface area (TPSA) is 60.2 Å². The molecule has 0 amide bonds. The lowest BCUT2D eigenvalue weighted by molar-refractivity contribution is 0.170. The lowest BCUT2D eigenvalue weighted by atomic mass is 10.1. The molecule has 0 aliphatic heterocycles. The number of hydrogen-bond acceptors (Lipinski definition) is 4. The molecule has 108 valence electrons. The average Bonchev–Trinajstić information content (AvgIpc) is 2.74. The van der Waals surface area contributed by atoms with Crippen molar-refractivity contribution in [2.75, 3.05) is 7.11 Å². The van der Waals surface area contributed by atoms with Crippen LogP contribution in [0.2, 0.25) is 0 Å². The lowest BCUT2D eigenvalue weighted by Crippen LogP contribution is -2.08. The molecule has 0 radical (unpaired) electrons. The van der Waals surface area contributed by atoms with E-state index in [1.165, 1.54) is 0 Å². The fraction of sp³-hybridized carbons (Fsp3) is 0.429. The zero-order valence-corrected chi connectivity index (χ0v) is 13.4. The van der Waals surface area contributed by atoms with Crippen molar-refractivity contribution < 1.29 is 9.84 Å². The van der Waals surface area contributed by atoms with Crippen molar-refractivity contribution in [2.45, 2.75) is 25.9 Å². The van der Waals surface area contributed by atoms with E-state index in [9.17, 15) is 5.11 Å². The molecule has 5 nitrogen and oxygen atoms in total. The van der Waals surface area contributed by atoms with Crippen molar-refractivity contribution in [3.8, 4) is 5.88 Å². The average molecular weight is 340 g/mol. The van der Waals surface area contributed by atoms with Crippen molar-refractivity contribution in [2.24, 2.45) is 7.05 Å². The third kappa shape index (κ3) is 2.86. The Morgan fingerprint density at radius 2 is 2.25 bits per heavy atom. The smallest absolute Gasteiger partial charge is 0.218 e. The second kappa shape index (κ2) is 6.37. The first-order chi connectivity index (χ1) is 9.58. The number of methoxy groups -OCH3 is 1. The van der Waals surface area contributed by atoms with Crippen molar-refractivity contribution in [3.63, 3.8) is 0 Å². The molecule has 0 spiro atoms. The Hall–Kier alpha value is -1.40. The summed E-state index contributed by atoms with van der Waals surface area (Å²) >= 11 is 3.56. The molecule has 0 bridgehead atoms. The van der Waals surface area contributed by atoms with E-state index in [1.807, 2.05) is 13.1 Å². The van der Waals surface area contributed by atoms with Gasteiger partial charge in [-0.2, -0.15) is 5.10 Å². The SMILES string of the molecule is CCc1nn(C)c(CC(O)c2cccnc2OC)c1Br. The van der Waals surface area contributed by atoms with E-state index in [0.717, 1.165) is 22.3 Å². The van der Waals surface area contributed by atoms with Crippen LogP contribution in [0.25, 0.3) is 0 Å². The number of ether oxygens (including phenoxy) is 1. The molecule has 0 fully saturated rings. The fourth-order valence-electron chi connectivity index (χ4n) is 2.16. The maximum Gasteiger partial charge on any atom is 0.218 e. The summed E-state index contributed by atoms with van der Waals surface area (Å²) in [5.41, 5.74) is 2.63. The minimum atomic E-state index is -0.685. The highest BCUT2D eigenvalue weighted by atomic mass is 79.9. The molecule has 2 rings (SSSR count). The number of aryl methyl sites for hydroxylation is 2. The molecule has 1 N–H and O–H groups in total. The van der Waals surface area contributed by atoms with Crippen LogP contribution in [0.15, 0.2) is 22.8 Å². The summed E-state index contributed by atoms with van der Waals surface area (Å²) in [6.07, 6.45) is 2.26. The predicted octanol–water partition coefficient (Wildman–Crippen LogP) is 2.42. The normalized spacial score (nSPS) is 12.4. The van der Waals surface area contributed by atoms with Crippen LogP contribution in [0.3, 0.4) is 0 Å². The second-order valence-electron chi connectivity index (χ2n) is 4.51. The molecule has 0 aliphatic rings. The number of halogens is 1. The molecule has 2 aromatic heterocycles. The summed E-state index contributed by atoms with van der Waals surface area (Å²) in [5, 5.41) is 14.9. The van der Waals surface area contributed by atoms with Crippen LogP contribution in [-0.2, 0) is 19.9 Å². The zero-order chi connectivity index (χ0) is 14.7. The summed E-state index contributed by atoms with van der Waals surface area (Å²) in [7, 11) is 3.43. The molecule has 1 unspecified atom stereocenters. The highest BCUT2D eigenvalue weighted by Gasteiger charge is 2.20. The van der Waals surface area contributed by atoms with Crippen LogP contribution in [0.1, 0.15) is 30.0 Å². The molecule has 2 heterocycles. The summed E-state index contributed by atoms with van der Waals surface area (Å²) < 4.78 is 7.95. The van der Waals surface area contributed by atoms with Crippen molar-refractivity contribution in [3.05, 3.63) is 39.8 Å². The van der Waals surface area contributed by atoms with Gasteiger partial charge >= 0.3 is 0 Å². The van der Waals surface area contributed by atoms with Gasteiger partial charge in [0.05, 0.1) is 29.1 Å². The first-order valence-corrected chi connectivity index (χ1v) is 7.25. The molecular weight excluding hydrogens is 322 g/mol. The lowest BCUT2D eigenvalue weighted by Gasteiger charge is -2.14. The first-order valence-electron chi connectivity index (χ1n) is 6.45. The zero-order valence-electron chi connectivity index (χ0n) is 11.8. The maximum absolute atomic E-state index is 10.4. The quantitative estimate of drug-likeness (QED) is 0.908. The van der Waals surface area contributed by atoms with E-state index < -0.39 is 6.10 Å². The Morgan fingerprint density at radius 1 is 1.50 bits per heavy atom. The molecule has 0 saturated carbocycles. The van der Waals surface area contributed by atoms with E-state index in [4.69, 9.17) is 4.74 Å². The molecule has 0 aromatic carbocycles. The van der Waals surface area contributed by atoms with Gasteiger partial charge in [-0.05, 0) is 34.5 Å². The summed E-state index contributed by atoms with van der Waals surface area (Å²) in [6.45, 7) is 2.05.